The number of halogens is 5. The number of nitro benzene ring substituents is 1. The van der Waals surface area contributed by atoms with E-state index in [4.69, 9.17) is 21.1 Å². The lowest BCUT2D eigenvalue weighted by atomic mass is 10.1. The minimum Gasteiger partial charge on any atom is -0.493 e. The highest BCUT2D eigenvalue weighted by atomic mass is 79.9. The summed E-state index contributed by atoms with van der Waals surface area (Å²) in [6, 6.07) is 12.1. The van der Waals surface area contributed by atoms with Gasteiger partial charge in [-0.15, -0.1) is 11.8 Å². The lowest BCUT2D eigenvalue weighted by Gasteiger charge is -2.25. The fourth-order valence-corrected chi connectivity index (χ4v) is 5.39. The quantitative estimate of drug-likeness (QED) is 0.213. The van der Waals surface area contributed by atoms with E-state index in [1.165, 1.54) is 18.9 Å². The second kappa shape index (κ2) is 10.2. The molecule has 1 fully saturated rings. The second-order valence-electron chi connectivity index (χ2n) is 7.48. The Morgan fingerprint density at radius 3 is 2.44 bits per heavy atom. The number of amides is 1. The molecule has 0 aliphatic carbocycles. The topological polar surface area (TPSA) is 81.9 Å². The highest BCUT2D eigenvalue weighted by molar-refractivity contribution is 9.10. The summed E-state index contributed by atoms with van der Waals surface area (Å²) in [6.07, 6.45) is -4.75. The van der Waals surface area contributed by atoms with E-state index < -0.39 is 33.5 Å². The number of thioether (sulfide) groups is 1. The Kier molecular flexibility index (Phi) is 7.39. The number of carbonyl (C=O) groups excluding carboxylic acids is 1. The summed E-state index contributed by atoms with van der Waals surface area (Å²) in [4.78, 5) is 24.8. The minimum atomic E-state index is -4.75. The fraction of sp³-hybridized carbons (Fsp3) is 0.174. The third-order valence-corrected chi connectivity index (χ3v) is 7.26. The Labute approximate surface area is 220 Å². The molecule has 3 aromatic carbocycles. The van der Waals surface area contributed by atoms with Crippen LogP contribution < -0.4 is 14.4 Å². The first-order valence-electron chi connectivity index (χ1n) is 10.1. The molecule has 0 unspecified atom stereocenters. The van der Waals surface area contributed by atoms with Gasteiger partial charge in [0.25, 0.3) is 0 Å². The second-order valence-corrected chi connectivity index (χ2v) is 9.84. The van der Waals surface area contributed by atoms with Crippen molar-refractivity contribution >= 4 is 56.6 Å². The highest BCUT2D eigenvalue weighted by Gasteiger charge is 2.36. The first kappa shape index (κ1) is 26.1. The van der Waals surface area contributed by atoms with Crippen LogP contribution in [0.2, 0.25) is 5.02 Å². The van der Waals surface area contributed by atoms with Crippen LogP contribution in [0.3, 0.4) is 0 Å². The molecule has 0 radical (unpaired) electrons. The number of anilines is 1. The maximum Gasteiger partial charge on any atom is 0.416 e. The van der Waals surface area contributed by atoms with Crippen molar-refractivity contribution in [1.29, 1.82) is 0 Å². The number of nitro groups is 1. The molecule has 4 rings (SSSR count). The number of hydrogen-bond donors (Lipinski definition) is 0. The number of rotatable bonds is 6. The van der Waals surface area contributed by atoms with E-state index in [1.807, 2.05) is 0 Å². The van der Waals surface area contributed by atoms with Gasteiger partial charge in [0.15, 0.2) is 11.5 Å². The molecule has 1 atom stereocenters. The zero-order valence-corrected chi connectivity index (χ0v) is 21.4. The first-order chi connectivity index (χ1) is 17.0. The van der Waals surface area contributed by atoms with Crippen molar-refractivity contribution < 1.29 is 32.4 Å². The Morgan fingerprint density at radius 1 is 1.14 bits per heavy atom. The SMILES string of the molecule is COc1cc([C@H]2SCC(=O)N2c2ccc(Cl)cc2)cc(Br)c1Oc1ccc(C(F)(F)F)cc1[N+](=O)[O-]. The first-order valence-corrected chi connectivity index (χ1v) is 12.3. The van der Waals surface area contributed by atoms with Gasteiger partial charge in [-0.3, -0.25) is 19.8 Å². The van der Waals surface area contributed by atoms with Crippen molar-refractivity contribution in [3.05, 3.63) is 85.3 Å². The highest BCUT2D eigenvalue weighted by Crippen LogP contribution is 2.48. The lowest BCUT2D eigenvalue weighted by molar-refractivity contribution is -0.385. The molecule has 3 aromatic rings. The number of hydrogen-bond acceptors (Lipinski definition) is 6. The van der Waals surface area contributed by atoms with E-state index in [0.29, 0.717) is 32.9 Å². The molecular formula is C23H15BrClF3N2O5S. The zero-order chi connectivity index (χ0) is 26.2. The van der Waals surface area contributed by atoms with E-state index in [1.54, 1.807) is 41.3 Å². The van der Waals surface area contributed by atoms with E-state index >= 15 is 0 Å². The molecule has 13 heteroatoms. The molecule has 36 heavy (non-hydrogen) atoms. The van der Waals surface area contributed by atoms with Crippen molar-refractivity contribution in [2.24, 2.45) is 0 Å². The Bertz CT molecular complexity index is 1340. The van der Waals surface area contributed by atoms with E-state index in [9.17, 15) is 28.1 Å². The van der Waals surface area contributed by atoms with E-state index in [0.717, 1.165) is 6.07 Å². The maximum atomic E-state index is 13.0. The van der Waals surface area contributed by atoms with Crippen LogP contribution in [-0.2, 0) is 11.0 Å². The van der Waals surface area contributed by atoms with Gasteiger partial charge < -0.3 is 9.47 Å². The third-order valence-electron chi connectivity index (χ3n) is 5.20. The van der Waals surface area contributed by atoms with Crippen LogP contribution in [0.25, 0.3) is 0 Å². The van der Waals surface area contributed by atoms with Gasteiger partial charge in [-0.1, -0.05) is 11.6 Å². The van der Waals surface area contributed by atoms with Gasteiger partial charge in [-0.2, -0.15) is 13.2 Å². The van der Waals surface area contributed by atoms with Crippen LogP contribution in [0, 0.1) is 10.1 Å². The molecule has 1 aliphatic heterocycles. The summed E-state index contributed by atoms with van der Waals surface area (Å²) < 4.78 is 50.5. The number of ether oxygens (including phenoxy) is 2. The zero-order valence-electron chi connectivity index (χ0n) is 18.2. The molecule has 1 aliphatic rings. The largest absolute Gasteiger partial charge is 0.493 e. The molecule has 1 heterocycles. The van der Waals surface area contributed by atoms with Gasteiger partial charge in [0.05, 0.1) is 27.8 Å². The number of nitrogens with zero attached hydrogens (tertiary/aromatic N) is 2. The lowest BCUT2D eigenvalue weighted by Crippen LogP contribution is -2.27. The molecule has 7 nitrogen and oxygen atoms in total. The smallest absolute Gasteiger partial charge is 0.416 e. The molecule has 0 bridgehead atoms. The average molecular weight is 604 g/mol. The van der Waals surface area contributed by atoms with E-state index in [2.05, 4.69) is 15.9 Å². The summed E-state index contributed by atoms with van der Waals surface area (Å²) in [5, 5.41) is 11.6. The molecule has 188 valence electrons. The van der Waals surface area contributed by atoms with Crippen LogP contribution >= 0.6 is 39.3 Å². The van der Waals surface area contributed by atoms with Gasteiger partial charge in [0, 0.05) is 16.8 Å². The standard InChI is InChI=1S/C23H15BrClF3N2O5S/c1-34-19-9-12(22-29(20(31)11-36-22)15-5-3-14(25)4-6-15)8-16(24)21(19)35-18-7-2-13(23(26,27)28)10-17(18)30(32)33/h2-10,22H,11H2,1H3/t22-/m1/s1. The Hall–Kier alpha value is -2.96. The normalized spacial score (nSPS) is 15.8. The van der Waals surface area contributed by atoms with Crippen molar-refractivity contribution in [3.8, 4) is 17.2 Å². The van der Waals surface area contributed by atoms with Gasteiger partial charge >= 0.3 is 11.9 Å². The van der Waals surface area contributed by atoms with Crippen LogP contribution in [0.1, 0.15) is 16.5 Å². The molecule has 1 saturated heterocycles. The van der Waals surface area contributed by atoms with Crippen molar-refractivity contribution in [1.82, 2.24) is 0 Å². The molecule has 0 aromatic heterocycles. The number of methoxy groups -OCH3 is 1. The summed E-state index contributed by atoms with van der Waals surface area (Å²) in [6.45, 7) is 0. The van der Waals surface area contributed by atoms with Crippen molar-refractivity contribution in [3.63, 3.8) is 0 Å². The number of alkyl halides is 3. The molecule has 1 amide bonds. The predicted octanol–water partition coefficient (Wildman–Crippen LogP) is 7.61. The summed E-state index contributed by atoms with van der Waals surface area (Å²) in [7, 11) is 1.35. The Morgan fingerprint density at radius 2 is 1.83 bits per heavy atom. The van der Waals surface area contributed by atoms with Crippen molar-refractivity contribution in [2.45, 2.75) is 11.6 Å². The predicted molar refractivity (Wildman–Crippen MR) is 133 cm³/mol. The van der Waals surface area contributed by atoms with Gasteiger partial charge in [-0.05, 0) is 70.0 Å². The van der Waals surface area contributed by atoms with Gasteiger partial charge in [-0.25, -0.2) is 0 Å². The molecular weight excluding hydrogens is 589 g/mol. The summed E-state index contributed by atoms with van der Waals surface area (Å²) in [5.74, 6) is -0.0828. The van der Waals surface area contributed by atoms with Crippen LogP contribution in [0.15, 0.2) is 59.1 Å². The molecule has 0 N–H and O–H groups in total. The van der Waals surface area contributed by atoms with Crippen molar-refractivity contribution in [2.75, 3.05) is 17.8 Å². The monoisotopic (exact) mass is 602 g/mol. The number of carbonyl (C=O) groups is 1. The molecule has 0 saturated carbocycles. The average Bonchev–Trinajstić information content (AvgIpc) is 3.21. The van der Waals surface area contributed by atoms with Crippen LogP contribution in [0.4, 0.5) is 24.5 Å². The maximum absolute atomic E-state index is 13.0. The van der Waals surface area contributed by atoms with Crippen LogP contribution in [0.5, 0.6) is 17.2 Å². The fourth-order valence-electron chi connectivity index (χ4n) is 3.57. The molecule has 0 spiro atoms. The third kappa shape index (κ3) is 5.25. The Balaban J connectivity index is 1.71. The van der Waals surface area contributed by atoms with Crippen LogP contribution in [-0.4, -0.2) is 23.7 Å². The summed E-state index contributed by atoms with van der Waals surface area (Å²) in [5.41, 5.74) is -0.712. The summed E-state index contributed by atoms with van der Waals surface area (Å²) >= 11 is 10.7. The van der Waals surface area contributed by atoms with Gasteiger partial charge in [0.1, 0.15) is 5.37 Å². The minimum absolute atomic E-state index is 0.0245. The number of benzene rings is 3. The van der Waals surface area contributed by atoms with Gasteiger partial charge in [0.2, 0.25) is 11.7 Å². The van der Waals surface area contributed by atoms with E-state index in [-0.39, 0.29) is 23.2 Å².